The number of rotatable bonds is 4. The largest absolute Gasteiger partial charge is 0.298 e. The summed E-state index contributed by atoms with van der Waals surface area (Å²) in [6, 6.07) is 7.57. The summed E-state index contributed by atoms with van der Waals surface area (Å²) in [5.74, 6) is 0.282. The van der Waals surface area contributed by atoms with E-state index in [0.29, 0.717) is 18.5 Å². The molecule has 1 aromatic heterocycles. The van der Waals surface area contributed by atoms with Gasteiger partial charge in [-0.05, 0) is 43.0 Å². The van der Waals surface area contributed by atoms with E-state index in [1.165, 1.54) is 10.2 Å². The molecule has 0 atom stereocenters. The summed E-state index contributed by atoms with van der Waals surface area (Å²) in [4.78, 5) is 23.2. The summed E-state index contributed by atoms with van der Waals surface area (Å²) in [7, 11) is 0. The first-order valence-corrected chi connectivity index (χ1v) is 7.07. The average Bonchev–Trinajstić information content (AvgIpc) is 2.43. The number of carbonyl (C=O) groups is 1. The van der Waals surface area contributed by atoms with Gasteiger partial charge < -0.3 is 0 Å². The zero-order chi connectivity index (χ0) is 15.6. The lowest BCUT2D eigenvalue weighted by molar-refractivity contribution is 0.112. The normalized spacial score (nSPS) is 10.9. The summed E-state index contributed by atoms with van der Waals surface area (Å²) in [6.07, 6.45) is 0.603. The van der Waals surface area contributed by atoms with E-state index >= 15 is 0 Å². The first-order valence-electron chi connectivity index (χ1n) is 7.07. The molecule has 21 heavy (non-hydrogen) atoms. The van der Waals surface area contributed by atoms with Crippen LogP contribution in [-0.2, 0) is 6.54 Å². The number of aromatic nitrogens is 2. The minimum absolute atomic E-state index is 0.152. The van der Waals surface area contributed by atoms with Crippen LogP contribution in [0.25, 0.3) is 11.3 Å². The van der Waals surface area contributed by atoms with Crippen LogP contribution in [0, 0.1) is 19.8 Å². The lowest BCUT2D eigenvalue weighted by Gasteiger charge is -2.11. The Morgan fingerprint density at radius 1 is 1.19 bits per heavy atom. The van der Waals surface area contributed by atoms with Crippen LogP contribution in [0.4, 0.5) is 0 Å². The van der Waals surface area contributed by atoms with Crippen LogP contribution in [-0.4, -0.2) is 16.1 Å². The van der Waals surface area contributed by atoms with E-state index < -0.39 is 0 Å². The Labute approximate surface area is 124 Å². The Morgan fingerprint density at radius 3 is 2.48 bits per heavy atom. The van der Waals surface area contributed by atoms with Gasteiger partial charge in [0, 0.05) is 12.1 Å². The Kier molecular flexibility index (Phi) is 4.36. The summed E-state index contributed by atoms with van der Waals surface area (Å²) >= 11 is 0. The van der Waals surface area contributed by atoms with Gasteiger partial charge in [-0.3, -0.25) is 9.59 Å². The molecule has 1 heterocycles. The van der Waals surface area contributed by atoms with Crippen molar-refractivity contribution in [1.82, 2.24) is 9.78 Å². The molecule has 0 fully saturated rings. The highest BCUT2D eigenvalue weighted by Gasteiger charge is 2.11. The molecule has 0 aliphatic rings. The average molecular weight is 284 g/mol. The third-order valence-corrected chi connectivity index (χ3v) is 3.47. The second-order valence-electron chi connectivity index (χ2n) is 5.78. The molecular weight excluding hydrogens is 264 g/mol. The highest BCUT2D eigenvalue weighted by atomic mass is 16.1. The maximum absolute atomic E-state index is 12.1. The number of carbonyl (C=O) groups excluding carboxylic acids is 1. The van der Waals surface area contributed by atoms with E-state index in [1.54, 1.807) is 6.07 Å². The fraction of sp³-hybridized carbons (Fsp3) is 0.353. The molecular formula is C17H20N2O2. The number of hydrogen-bond donors (Lipinski definition) is 0. The minimum atomic E-state index is -0.328. The number of hydrogen-bond acceptors (Lipinski definition) is 3. The van der Waals surface area contributed by atoms with E-state index in [4.69, 9.17) is 0 Å². The number of aryl methyl sites for hydroxylation is 2. The van der Waals surface area contributed by atoms with E-state index in [1.807, 2.05) is 45.9 Å². The zero-order valence-corrected chi connectivity index (χ0v) is 12.9. The lowest BCUT2D eigenvalue weighted by atomic mass is 10.0. The molecule has 4 nitrogen and oxygen atoms in total. The minimum Gasteiger partial charge on any atom is -0.298 e. The highest BCUT2D eigenvalue weighted by Crippen LogP contribution is 2.20. The van der Waals surface area contributed by atoms with Gasteiger partial charge in [-0.2, -0.15) is 5.10 Å². The van der Waals surface area contributed by atoms with Crippen molar-refractivity contribution in [3.8, 4) is 11.3 Å². The van der Waals surface area contributed by atoms with Gasteiger partial charge in [-0.25, -0.2) is 4.68 Å². The van der Waals surface area contributed by atoms with Crippen LogP contribution in [0.5, 0.6) is 0 Å². The molecule has 0 saturated carbocycles. The SMILES string of the molecule is Cc1ccc(-c2cc(C=O)c(=O)n(CC(C)C)n2)cc1C. The van der Waals surface area contributed by atoms with Gasteiger partial charge in [0.25, 0.3) is 5.56 Å². The molecule has 2 rings (SSSR count). The van der Waals surface area contributed by atoms with E-state index in [0.717, 1.165) is 11.1 Å². The lowest BCUT2D eigenvalue weighted by Crippen LogP contribution is -2.28. The Morgan fingerprint density at radius 2 is 1.90 bits per heavy atom. The molecule has 4 heteroatoms. The van der Waals surface area contributed by atoms with Gasteiger partial charge in [0.05, 0.1) is 11.3 Å². The fourth-order valence-corrected chi connectivity index (χ4v) is 2.16. The molecule has 0 N–H and O–H groups in total. The smallest absolute Gasteiger partial charge is 0.277 e. The van der Waals surface area contributed by atoms with Crippen molar-refractivity contribution >= 4 is 6.29 Å². The third-order valence-electron chi connectivity index (χ3n) is 3.47. The van der Waals surface area contributed by atoms with Crippen LogP contribution in [0.1, 0.15) is 35.3 Å². The molecule has 0 bridgehead atoms. The molecule has 0 saturated heterocycles. The molecule has 0 unspecified atom stereocenters. The Balaban J connectivity index is 2.60. The van der Waals surface area contributed by atoms with Crippen LogP contribution in [0.2, 0.25) is 0 Å². The third kappa shape index (κ3) is 3.27. The van der Waals surface area contributed by atoms with Crippen molar-refractivity contribution in [3.63, 3.8) is 0 Å². The second kappa shape index (κ2) is 6.04. The molecule has 0 spiro atoms. The van der Waals surface area contributed by atoms with Gasteiger partial charge in [0.15, 0.2) is 6.29 Å². The van der Waals surface area contributed by atoms with E-state index in [2.05, 4.69) is 5.10 Å². The quantitative estimate of drug-likeness (QED) is 0.811. The second-order valence-corrected chi connectivity index (χ2v) is 5.78. The zero-order valence-electron chi connectivity index (χ0n) is 12.9. The van der Waals surface area contributed by atoms with Crippen molar-refractivity contribution in [2.75, 3.05) is 0 Å². The van der Waals surface area contributed by atoms with Crippen molar-refractivity contribution in [1.29, 1.82) is 0 Å². The standard InChI is InChI=1S/C17H20N2O2/c1-11(2)9-19-17(21)15(10-20)8-16(18-19)14-6-5-12(3)13(4)7-14/h5-8,10-11H,9H2,1-4H3. The van der Waals surface area contributed by atoms with Crippen molar-refractivity contribution in [2.45, 2.75) is 34.2 Å². The van der Waals surface area contributed by atoms with Crippen LogP contribution in [0.3, 0.4) is 0 Å². The first kappa shape index (κ1) is 15.2. The van der Waals surface area contributed by atoms with Gasteiger partial charge in [-0.15, -0.1) is 0 Å². The summed E-state index contributed by atoms with van der Waals surface area (Å²) in [6.45, 7) is 8.60. The van der Waals surface area contributed by atoms with Crippen molar-refractivity contribution in [2.24, 2.45) is 5.92 Å². The molecule has 1 aromatic carbocycles. The van der Waals surface area contributed by atoms with Crippen molar-refractivity contribution < 1.29 is 4.79 Å². The number of nitrogens with zero attached hydrogens (tertiary/aromatic N) is 2. The van der Waals surface area contributed by atoms with E-state index in [-0.39, 0.29) is 17.0 Å². The number of aldehydes is 1. The van der Waals surface area contributed by atoms with Crippen LogP contribution >= 0.6 is 0 Å². The van der Waals surface area contributed by atoms with Gasteiger partial charge in [0.1, 0.15) is 0 Å². The monoisotopic (exact) mass is 284 g/mol. The summed E-state index contributed by atoms with van der Waals surface area (Å²) in [5, 5.41) is 4.41. The predicted octanol–water partition coefficient (Wildman–Crippen LogP) is 3.00. The predicted molar refractivity (Wildman–Crippen MR) is 83.6 cm³/mol. The topological polar surface area (TPSA) is 52.0 Å². The molecule has 0 amide bonds. The summed E-state index contributed by atoms with van der Waals surface area (Å²) in [5.41, 5.74) is 3.75. The van der Waals surface area contributed by atoms with Gasteiger partial charge in [0.2, 0.25) is 0 Å². The van der Waals surface area contributed by atoms with E-state index in [9.17, 15) is 9.59 Å². The molecule has 0 aliphatic heterocycles. The Bertz CT molecular complexity index is 730. The van der Waals surface area contributed by atoms with Gasteiger partial charge >= 0.3 is 0 Å². The Hall–Kier alpha value is -2.23. The highest BCUT2D eigenvalue weighted by molar-refractivity contribution is 5.77. The molecule has 2 aromatic rings. The molecule has 110 valence electrons. The fourth-order valence-electron chi connectivity index (χ4n) is 2.16. The maximum atomic E-state index is 12.1. The molecule has 0 aliphatic carbocycles. The summed E-state index contributed by atoms with van der Waals surface area (Å²) < 4.78 is 1.39. The number of benzene rings is 1. The first-order chi connectivity index (χ1) is 9.92. The van der Waals surface area contributed by atoms with Crippen LogP contribution < -0.4 is 5.56 Å². The maximum Gasteiger partial charge on any atom is 0.277 e. The van der Waals surface area contributed by atoms with Crippen molar-refractivity contribution in [3.05, 3.63) is 51.3 Å². The molecule has 0 radical (unpaired) electrons. The van der Waals surface area contributed by atoms with Gasteiger partial charge in [-0.1, -0.05) is 26.0 Å². The van der Waals surface area contributed by atoms with Crippen LogP contribution in [0.15, 0.2) is 29.1 Å².